The number of halogens is 2. The summed E-state index contributed by atoms with van der Waals surface area (Å²) in [6.07, 6.45) is 0. The van der Waals surface area contributed by atoms with Gasteiger partial charge in [0.05, 0.1) is 27.7 Å². The Balaban J connectivity index is 0. The van der Waals surface area contributed by atoms with Crippen LogP contribution in [0.2, 0.25) is 0 Å². The Hall–Kier alpha value is 0.914. The van der Waals surface area contributed by atoms with E-state index in [9.17, 15) is 0 Å². The molecule has 0 unspecified atom stereocenters. The standard InChI is InChI=1S/C7H18NO3.2ClH.Ni/c1-8(2,3)4-6-10-11-7-5-9;;;/h9H,4-7H2,1-3H3;2*1H;/q+1;;;+2/p-2. The van der Waals surface area contributed by atoms with Crippen LogP contribution in [0.4, 0.5) is 0 Å². The first-order valence-corrected chi connectivity index (χ1v) is 6.67. The predicted molar refractivity (Wildman–Crippen MR) is 53.6 cm³/mol. The molecule has 0 rings (SSSR count). The van der Waals surface area contributed by atoms with E-state index >= 15 is 0 Å². The summed E-state index contributed by atoms with van der Waals surface area (Å²) in [5.41, 5.74) is 0. The van der Waals surface area contributed by atoms with Gasteiger partial charge in [0.2, 0.25) is 0 Å². The Morgan fingerprint density at radius 2 is 1.57 bits per heavy atom. The Bertz CT molecular complexity index is 114. The molecule has 0 aromatic carbocycles. The number of likely N-dealkylation sites (N-methyl/N-ethyl adjacent to an activating group) is 1. The normalized spacial score (nSPS) is 11.0. The van der Waals surface area contributed by atoms with Crippen molar-refractivity contribution in [3.63, 3.8) is 0 Å². The molecule has 0 bridgehead atoms. The summed E-state index contributed by atoms with van der Waals surface area (Å²) >= 11 is 0.569. The fourth-order valence-corrected chi connectivity index (χ4v) is 0.466. The summed E-state index contributed by atoms with van der Waals surface area (Å²) in [7, 11) is 15.6. The van der Waals surface area contributed by atoms with Crippen LogP contribution in [0.15, 0.2) is 0 Å². The number of nitrogens with zero attached hydrogens (tertiary/aromatic N) is 1. The van der Waals surface area contributed by atoms with Crippen molar-refractivity contribution in [2.45, 2.75) is 0 Å². The summed E-state index contributed by atoms with van der Waals surface area (Å²) in [5.74, 6) is 0. The molecule has 92 valence electrons. The number of hydrogen-bond acceptors (Lipinski definition) is 3. The van der Waals surface area contributed by atoms with Gasteiger partial charge in [0.15, 0.2) is 0 Å². The van der Waals surface area contributed by atoms with Crippen LogP contribution in [0.25, 0.3) is 0 Å². The van der Waals surface area contributed by atoms with E-state index in [1.165, 1.54) is 0 Å². The van der Waals surface area contributed by atoms with Crippen molar-refractivity contribution in [1.29, 1.82) is 0 Å². The van der Waals surface area contributed by atoms with Crippen LogP contribution in [-0.4, -0.2) is 57.1 Å². The average molecular weight is 294 g/mol. The van der Waals surface area contributed by atoms with Crippen molar-refractivity contribution in [3.05, 3.63) is 0 Å². The Morgan fingerprint density at radius 1 is 1.14 bits per heavy atom. The molecular weight excluding hydrogens is 276 g/mol. The number of aliphatic hydroxyl groups is 1. The molecule has 14 heavy (non-hydrogen) atoms. The zero-order valence-corrected chi connectivity index (χ0v) is 11.1. The maximum atomic E-state index is 8.32. The van der Waals surface area contributed by atoms with Crippen LogP contribution >= 0.6 is 20.4 Å². The first-order valence-electron chi connectivity index (χ1n) is 3.96. The van der Waals surface area contributed by atoms with Crippen LogP contribution in [0.5, 0.6) is 0 Å². The molecule has 0 fully saturated rings. The van der Waals surface area contributed by atoms with Crippen LogP contribution in [0.1, 0.15) is 0 Å². The van der Waals surface area contributed by atoms with E-state index in [4.69, 9.17) is 30.4 Å². The molecule has 0 amide bonds. The van der Waals surface area contributed by atoms with Crippen molar-refractivity contribution >= 4 is 20.4 Å². The van der Waals surface area contributed by atoms with Gasteiger partial charge in [0.25, 0.3) is 0 Å². The zero-order valence-electron chi connectivity index (χ0n) is 8.61. The van der Waals surface area contributed by atoms with E-state index in [0.717, 1.165) is 11.0 Å². The Morgan fingerprint density at radius 3 is 1.93 bits per heavy atom. The molecule has 0 radical (unpaired) electrons. The van der Waals surface area contributed by atoms with Gasteiger partial charge in [-0.25, -0.2) is 9.78 Å². The van der Waals surface area contributed by atoms with E-state index in [-0.39, 0.29) is 13.2 Å². The predicted octanol–water partition coefficient (Wildman–Crippen LogP) is 1.01. The van der Waals surface area contributed by atoms with Crippen molar-refractivity contribution in [1.82, 2.24) is 0 Å². The second kappa shape index (κ2) is 12.0. The topological polar surface area (TPSA) is 38.7 Å². The van der Waals surface area contributed by atoms with E-state index in [1.54, 1.807) is 0 Å². The monoisotopic (exact) mass is 292 g/mol. The van der Waals surface area contributed by atoms with E-state index in [0.29, 0.717) is 19.3 Å². The maximum absolute atomic E-state index is 8.32. The summed E-state index contributed by atoms with van der Waals surface area (Å²) in [5, 5.41) is 8.32. The van der Waals surface area contributed by atoms with Gasteiger partial charge in [-0.1, -0.05) is 0 Å². The molecular formula is C7H18Cl2NNiO3+. The molecule has 7 heteroatoms. The summed E-state index contributed by atoms with van der Waals surface area (Å²) < 4.78 is 0.850. The fourth-order valence-electron chi connectivity index (χ4n) is 0.466. The van der Waals surface area contributed by atoms with E-state index < -0.39 is 0 Å². The second-order valence-corrected chi connectivity index (χ2v) is 5.06. The summed E-state index contributed by atoms with van der Waals surface area (Å²) in [6.45, 7) is 1.70. The molecule has 0 aliphatic rings. The Kier molecular flexibility index (Phi) is 14.8. The third kappa shape index (κ3) is 23.1. The molecule has 0 aliphatic heterocycles. The van der Waals surface area contributed by atoms with Gasteiger partial charge in [-0.05, 0) is 0 Å². The van der Waals surface area contributed by atoms with E-state index in [1.807, 2.05) is 0 Å². The second-order valence-electron chi connectivity index (χ2n) is 3.43. The number of quaternary nitrogens is 1. The quantitative estimate of drug-likeness (QED) is 0.261. The minimum atomic E-state index is 0.00434. The number of rotatable bonds is 6. The van der Waals surface area contributed by atoms with Crippen molar-refractivity contribution < 1.29 is 32.0 Å². The molecule has 0 saturated carbocycles. The first-order chi connectivity index (χ1) is 6.47. The molecule has 0 aliphatic carbocycles. The molecule has 0 aromatic rings. The van der Waals surface area contributed by atoms with Gasteiger partial charge in [-0.2, -0.15) is 0 Å². The van der Waals surface area contributed by atoms with Crippen LogP contribution in [-0.2, 0) is 22.4 Å². The molecule has 0 saturated heterocycles. The molecule has 4 nitrogen and oxygen atoms in total. The third-order valence-electron chi connectivity index (χ3n) is 1.10. The van der Waals surface area contributed by atoms with Crippen molar-refractivity contribution in [3.8, 4) is 0 Å². The number of hydrogen-bond donors (Lipinski definition) is 1. The summed E-state index contributed by atoms with van der Waals surface area (Å²) in [6, 6.07) is 0. The van der Waals surface area contributed by atoms with Gasteiger partial charge in [0.1, 0.15) is 19.8 Å². The molecule has 1 N–H and O–H groups in total. The SMILES string of the molecule is C[N+](C)(C)CCOOCCO.[Cl][Ni][Cl]. The first kappa shape index (κ1) is 17.3. The number of aliphatic hydroxyl groups excluding tert-OH is 1. The van der Waals surface area contributed by atoms with Crippen molar-refractivity contribution in [2.75, 3.05) is 47.5 Å². The van der Waals surface area contributed by atoms with Gasteiger partial charge in [0, 0.05) is 0 Å². The average Bonchev–Trinajstić information content (AvgIpc) is 2.03. The molecule has 0 spiro atoms. The molecule has 0 atom stereocenters. The van der Waals surface area contributed by atoms with Crippen LogP contribution < -0.4 is 0 Å². The Labute approximate surface area is 99.9 Å². The van der Waals surface area contributed by atoms with E-state index in [2.05, 4.69) is 26.0 Å². The third-order valence-corrected chi connectivity index (χ3v) is 1.10. The van der Waals surface area contributed by atoms with Crippen molar-refractivity contribution in [2.24, 2.45) is 0 Å². The molecule has 0 aromatic heterocycles. The minimum absolute atomic E-state index is 0.00434. The fraction of sp³-hybridized carbons (Fsp3) is 1.00. The summed E-state index contributed by atoms with van der Waals surface area (Å²) in [4.78, 5) is 9.39. The van der Waals surface area contributed by atoms with Crippen LogP contribution in [0.3, 0.4) is 0 Å². The van der Waals surface area contributed by atoms with Gasteiger partial charge < -0.3 is 9.59 Å². The molecule has 0 heterocycles. The van der Waals surface area contributed by atoms with Gasteiger partial charge in [-0.15, -0.1) is 0 Å². The zero-order chi connectivity index (χ0) is 11.4. The van der Waals surface area contributed by atoms with Gasteiger partial charge in [-0.3, -0.25) is 0 Å². The van der Waals surface area contributed by atoms with Gasteiger partial charge >= 0.3 is 33.0 Å². The van der Waals surface area contributed by atoms with Crippen LogP contribution in [0, 0.1) is 0 Å².